The molecule has 1 aromatic carbocycles. The van der Waals surface area contributed by atoms with Gasteiger partial charge in [-0.05, 0) is 12.1 Å². The van der Waals surface area contributed by atoms with E-state index in [1.54, 1.807) is 30.3 Å². The average molecular weight is 224 g/mol. The molecular formula is C11H12O5. The molecule has 0 fully saturated rings. The van der Waals surface area contributed by atoms with Gasteiger partial charge in [0.05, 0.1) is 0 Å². The number of benzene rings is 1. The molecule has 0 spiro atoms. The van der Waals surface area contributed by atoms with Crippen molar-refractivity contribution in [2.75, 3.05) is 0 Å². The van der Waals surface area contributed by atoms with Crippen molar-refractivity contribution in [1.29, 1.82) is 0 Å². The summed E-state index contributed by atoms with van der Waals surface area (Å²) < 4.78 is 5.16. The van der Waals surface area contributed by atoms with E-state index in [2.05, 4.69) is 0 Å². The highest BCUT2D eigenvalue weighted by atomic mass is 16.5. The van der Waals surface area contributed by atoms with E-state index >= 15 is 0 Å². The topological polar surface area (TPSA) is 83.8 Å². The zero-order valence-corrected chi connectivity index (χ0v) is 8.50. The van der Waals surface area contributed by atoms with E-state index in [1.165, 1.54) is 0 Å². The molecule has 2 N–H and O–H groups in total. The quantitative estimate of drug-likeness (QED) is 0.762. The molecule has 0 bridgehead atoms. The van der Waals surface area contributed by atoms with Crippen LogP contribution < -0.4 is 4.74 Å². The number of carboxylic acids is 2. The number of carboxylic acid groups (broad SMARTS) is 2. The van der Waals surface area contributed by atoms with Gasteiger partial charge in [0.25, 0.3) is 0 Å². The second-order valence-electron chi connectivity index (χ2n) is 3.19. The molecule has 0 aliphatic rings. The minimum atomic E-state index is -1.16. The maximum atomic E-state index is 10.8. The third kappa shape index (κ3) is 4.00. The van der Waals surface area contributed by atoms with Gasteiger partial charge in [-0.1, -0.05) is 18.2 Å². The number of aliphatic carboxylic acids is 2. The summed E-state index contributed by atoms with van der Waals surface area (Å²) in [7, 11) is 0. The second kappa shape index (κ2) is 5.75. The van der Waals surface area contributed by atoms with E-state index < -0.39 is 18.0 Å². The second-order valence-corrected chi connectivity index (χ2v) is 3.19. The van der Waals surface area contributed by atoms with Crippen LogP contribution in [0.15, 0.2) is 30.3 Å². The van der Waals surface area contributed by atoms with Gasteiger partial charge in [-0.3, -0.25) is 4.79 Å². The first-order chi connectivity index (χ1) is 7.59. The van der Waals surface area contributed by atoms with Crippen LogP contribution in [-0.4, -0.2) is 28.3 Å². The minimum Gasteiger partial charge on any atom is -0.481 e. The smallest absolute Gasteiger partial charge is 0.344 e. The fourth-order valence-corrected chi connectivity index (χ4v) is 1.15. The molecule has 86 valence electrons. The van der Waals surface area contributed by atoms with E-state index in [0.717, 1.165) is 0 Å². The summed E-state index contributed by atoms with van der Waals surface area (Å²) in [6.45, 7) is 0. The molecule has 0 radical (unpaired) electrons. The van der Waals surface area contributed by atoms with Crippen molar-refractivity contribution in [2.24, 2.45) is 0 Å². The van der Waals surface area contributed by atoms with Gasteiger partial charge in [-0.25, -0.2) is 4.79 Å². The zero-order valence-electron chi connectivity index (χ0n) is 8.50. The summed E-state index contributed by atoms with van der Waals surface area (Å²) in [6, 6.07) is 8.45. The fraction of sp³-hybridized carbons (Fsp3) is 0.273. The van der Waals surface area contributed by atoms with Crippen LogP contribution in [0, 0.1) is 0 Å². The highest BCUT2D eigenvalue weighted by Gasteiger charge is 2.20. The third-order valence-corrected chi connectivity index (χ3v) is 1.92. The van der Waals surface area contributed by atoms with Gasteiger partial charge in [0.1, 0.15) is 5.75 Å². The third-order valence-electron chi connectivity index (χ3n) is 1.92. The lowest BCUT2D eigenvalue weighted by Crippen LogP contribution is -2.27. The van der Waals surface area contributed by atoms with Crippen LogP contribution in [0.4, 0.5) is 0 Å². The fourth-order valence-electron chi connectivity index (χ4n) is 1.15. The molecule has 0 aliphatic heterocycles. The van der Waals surface area contributed by atoms with Crippen LogP contribution in [-0.2, 0) is 9.59 Å². The number of ether oxygens (including phenoxy) is 1. The lowest BCUT2D eigenvalue weighted by Gasteiger charge is -2.13. The van der Waals surface area contributed by atoms with Gasteiger partial charge in [-0.2, -0.15) is 0 Å². The lowest BCUT2D eigenvalue weighted by atomic mass is 10.2. The van der Waals surface area contributed by atoms with Crippen LogP contribution in [0.1, 0.15) is 12.8 Å². The Balaban J connectivity index is 2.58. The van der Waals surface area contributed by atoms with Crippen LogP contribution in [0.3, 0.4) is 0 Å². The molecule has 0 aromatic heterocycles. The molecular weight excluding hydrogens is 212 g/mol. The SMILES string of the molecule is O=C(O)CCC(Oc1ccccc1)C(=O)O. The summed E-state index contributed by atoms with van der Waals surface area (Å²) in [5.41, 5.74) is 0. The predicted molar refractivity (Wildman–Crippen MR) is 55.4 cm³/mol. The Morgan fingerprint density at radius 3 is 2.31 bits per heavy atom. The normalized spacial score (nSPS) is 11.8. The highest BCUT2D eigenvalue weighted by molar-refractivity contribution is 5.74. The van der Waals surface area contributed by atoms with Crippen molar-refractivity contribution in [3.63, 3.8) is 0 Å². The number of para-hydroxylation sites is 1. The molecule has 0 aliphatic carbocycles. The molecule has 5 heteroatoms. The Hall–Kier alpha value is -2.04. The van der Waals surface area contributed by atoms with Crippen molar-refractivity contribution in [3.05, 3.63) is 30.3 Å². The van der Waals surface area contributed by atoms with Gasteiger partial charge in [0.2, 0.25) is 0 Å². The van der Waals surface area contributed by atoms with Gasteiger partial charge in [-0.15, -0.1) is 0 Å². The van der Waals surface area contributed by atoms with Crippen LogP contribution in [0.2, 0.25) is 0 Å². The summed E-state index contributed by atoms with van der Waals surface area (Å²) >= 11 is 0. The summed E-state index contributed by atoms with van der Waals surface area (Å²) in [5.74, 6) is -1.78. The Morgan fingerprint density at radius 2 is 1.81 bits per heavy atom. The first-order valence-corrected chi connectivity index (χ1v) is 4.76. The Kier molecular flexibility index (Phi) is 4.32. The maximum absolute atomic E-state index is 10.8. The number of carbonyl (C=O) groups is 2. The first-order valence-electron chi connectivity index (χ1n) is 4.76. The Morgan fingerprint density at radius 1 is 1.19 bits per heavy atom. The molecule has 16 heavy (non-hydrogen) atoms. The molecule has 0 amide bonds. The van der Waals surface area contributed by atoms with Crippen LogP contribution >= 0.6 is 0 Å². The molecule has 0 heterocycles. The van der Waals surface area contributed by atoms with Gasteiger partial charge in [0, 0.05) is 12.8 Å². The number of hydrogen-bond donors (Lipinski definition) is 2. The standard InChI is InChI=1S/C11H12O5/c12-10(13)7-6-9(11(14)15)16-8-4-2-1-3-5-8/h1-5,9H,6-7H2,(H,12,13)(H,14,15). The number of rotatable bonds is 6. The van der Waals surface area contributed by atoms with Crippen LogP contribution in [0.25, 0.3) is 0 Å². The molecule has 0 saturated carbocycles. The Labute approximate surface area is 92.3 Å². The maximum Gasteiger partial charge on any atom is 0.344 e. The van der Waals surface area contributed by atoms with Crippen molar-refractivity contribution >= 4 is 11.9 Å². The average Bonchev–Trinajstić information content (AvgIpc) is 2.25. The van der Waals surface area contributed by atoms with Crippen molar-refractivity contribution in [3.8, 4) is 5.75 Å². The highest BCUT2D eigenvalue weighted by Crippen LogP contribution is 2.13. The largest absolute Gasteiger partial charge is 0.481 e. The van der Waals surface area contributed by atoms with E-state index in [9.17, 15) is 9.59 Å². The lowest BCUT2D eigenvalue weighted by molar-refractivity contribution is -0.146. The van der Waals surface area contributed by atoms with E-state index in [1.807, 2.05) is 0 Å². The van der Waals surface area contributed by atoms with Crippen molar-refractivity contribution < 1.29 is 24.5 Å². The molecule has 5 nitrogen and oxygen atoms in total. The Bertz CT molecular complexity index is 360. The molecule has 1 aromatic rings. The first kappa shape index (κ1) is 12.0. The van der Waals surface area contributed by atoms with E-state index in [4.69, 9.17) is 14.9 Å². The van der Waals surface area contributed by atoms with Gasteiger partial charge >= 0.3 is 11.9 Å². The molecule has 1 rings (SSSR count). The summed E-state index contributed by atoms with van der Waals surface area (Å²) in [5, 5.41) is 17.3. The van der Waals surface area contributed by atoms with Crippen LogP contribution in [0.5, 0.6) is 5.75 Å². The molecule has 1 unspecified atom stereocenters. The van der Waals surface area contributed by atoms with Gasteiger partial charge < -0.3 is 14.9 Å². The molecule has 1 atom stereocenters. The van der Waals surface area contributed by atoms with E-state index in [0.29, 0.717) is 5.75 Å². The summed E-state index contributed by atoms with van der Waals surface area (Å²) in [4.78, 5) is 21.1. The minimum absolute atomic E-state index is 0.0560. The monoisotopic (exact) mass is 224 g/mol. The van der Waals surface area contributed by atoms with Crippen molar-refractivity contribution in [1.82, 2.24) is 0 Å². The number of hydrogen-bond acceptors (Lipinski definition) is 3. The van der Waals surface area contributed by atoms with Gasteiger partial charge in [0.15, 0.2) is 6.10 Å². The predicted octanol–water partition coefficient (Wildman–Crippen LogP) is 1.38. The summed E-state index contributed by atoms with van der Waals surface area (Å²) in [6.07, 6.45) is -1.41. The van der Waals surface area contributed by atoms with E-state index in [-0.39, 0.29) is 12.8 Å². The molecule has 0 saturated heterocycles. The zero-order chi connectivity index (χ0) is 12.0. The van der Waals surface area contributed by atoms with Crippen molar-refractivity contribution in [2.45, 2.75) is 18.9 Å².